The van der Waals surface area contributed by atoms with Crippen LogP contribution in [0.25, 0.3) is 0 Å². The van der Waals surface area contributed by atoms with E-state index >= 15 is 0 Å². The van der Waals surface area contributed by atoms with Crippen molar-refractivity contribution in [2.75, 3.05) is 30.0 Å². The van der Waals surface area contributed by atoms with Crippen molar-refractivity contribution in [3.63, 3.8) is 0 Å². The number of morpholine rings is 1. The summed E-state index contributed by atoms with van der Waals surface area (Å²) >= 11 is 0. The van der Waals surface area contributed by atoms with E-state index in [-0.39, 0.29) is 17.6 Å². The highest BCUT2D eigenvalue weighted by molar-refractivity contribution is 5.91. The number of nitrogens with one attached hydrogen (secondary N) is 3. The van der Waals surface area contributed by atoms with Crippen LogP contribution < -0.4 is 15.5 Å². The van der Waals surface area contributed by atoms with E-state index in [9.17, 15) is 10.1 Å². The lowest BCUT2D eigenvalue weighted by Gasteiger charge is -2.35. The van der Waals surface area contributed by atoms with Gasteiger partial charge in [-0.3, -0.25) is 5.32 Å². The Morgan fingerprint density at radius 1 is 1.44 bits per heavy atom. The van der Waals surface area contributed by atoms with Gasteiger partial charge in [-0.05, 0) is 71.2 Å². The van der Waals surface area contributed by atoms with E-state index in [0.717, 1.165) is 24.2 Å². The predicted octanol–water partition coefficient (Wildman–Crippen LogP) is 3.68. The average molecular weight is 441 g/mol. The number of carbonyl (C=O) groups is 1. The van der Waals surface area contributed by atoms with E-state index in [4.69, 9.17) is 19.9 Å². The molecule has 0 radical (unpaired) electrons. The highest BCUT2D eigenvalue weighted by Gasteiger charge is 2.45. The van der Waals surface area contributed by atoms with E-state index < -0.39 is 17.1 Å². The first-order valence-corrected chi connectivity index (χ1v) is 10.8. The van der Waals surface area contributed by atoms with Crippen LogP contribution in [0.4, 0.5) is 16.4 Å². The van der Waals surface area contributed by atoms with Crippen molar-refractivity contribution in [2.24, 2.45) is 0 Å². The molecule has 32 heavy (non-hydrogen) atoms. The molecule has 2 heterocycles. The summed E-state index contributed by atoms with van der Waals surface area (Å²) in [7, 11) is 0. The van der Waals surface area contributed by atoms with Gasteiger partial charge in [0.15, 0.2) is 0 Å². The molecule has 1 saturated carbocycles. The van der Waals surface area contributed by atoms with E-state index in [2.05, 4.69) is 28.5 Å². The number of alkyl carbamates (subject to hydrolysis) is 1. The molecule has 0 aromatic carbocycles. The van der Waals surface area contributed by atoms with Gasteiger partial charge in [-0.15, -0.1) is 0 Å². The first-order chi connectivity index (χ1) is 15.0. The summed E-state index contributed by atoms with van der Waals surface area (Å²) < 4.78 is 10.9. The molecular formula is C23H32N6O3. The Kier molecular flexibility index (Phi) is 6.74. The molecular weight excluding hydrogens is 408 g/mol. The highest BCUT2D eigenvalue weighted by atomic mass is 16.6. The lowest BCUT2D eigenvalue weighted by atomic mass is 9.98. The minimum absolute atomic E-state index is 0.148. The van der Waals surface area contributed by atoms with Crippen LogP contribution in [-0.2, 0) is 14.9 Å². The molecule has 1 aromatic heterocycles. The first-order valence-electron chi connectivity index (χ1n) is 10.8. The Balaban J connectivity index is 1.92. The maximum Gasteiger partial charge on any atom is 0.413 e. The fourth-order valence-corrected chi connectivity index (χ4v) is 3.53. The summed E-state index contributed by atoms with van der Waals surface area (Å²) in [5.41, 5.74) is -0.00614. The van der Waals surface area contributed by atoms with Crippen molar-refractivity contribution in [2.45, 2.75) is 64.5 Å². The Labute approximate surface area is 189 Å². The summed E-state index contributed by atoms with van der Waals surface area (Å²) in [6, 6.07) is 6.42. The summed E-state index contributed by atoms with van der Waals surface area (Å²) in [5.74, 6) is 1.52. The number of rotatable bonds is 6. The number of amides is 1. The molecule has 9 nitrogen and oxygen atoms in total. The molecule has 1 unspecified atom stereocenters. The van der Waals surface area contributed by atoms with Gasteiger partial charge in [0.2, 0.25) is 0 Å². The van der Waals surface area contributed by atoms with E-state index in [0.29, 0.717) is 25.6 Å². The summed E-state index contributed by atoms with van der Waals surface area (Å²) in [6.45, 7) is 10.9. The lowest BCUT2D eigenvalue weighted by Crippen LogP contribution is -2.44. The SMILES string of the molecule is CC(=N)/C=C(\NC(=O)OC(C)(C)C)Nc1cc(C2(C#N)CC2)cc(N2CCOCC2C)n1. The standard InChI is InChI=1S/C23H32N6O3/c1-15(25)10-18(28-21(30)32-22(3,4)5)26-19-11-17(23(14-24)6-7-23)12-20(27-19)29-8-9-31-13-16(29)2/h10-12,16,25H,6-9,13H2,1-5H3,(H,26,27)(H,28,30)/b18-10-,25-15?. The number of hydrogen-bond acceptors (Lipinski definition) is 8. The Morgan fingerprint density at radius 2 is 2.16 bits per heavy atom. The third kappa shape index (κ3) is 5.98. The number of allylic oxidation sites excluding steroid dienone is 1. The second-order valence-corrected chi connectivity index (χ2v) is 9.40. The summed E-state index contributed by atoms with van der Waals surface area (Å²) in [4.78, 5) is 19.2. The van der Waals surface area contributed by atoms with Crippen LogP contribution in [0.5, 0.6) is 0 Å². The smallest absolute Gasteiger partial charge is 0.413 e. The van der Waals surface area contributed by atoms with Crippen molar-refractivity contribution in [1.29, 1.82) is 10.7 Å². The minimum Gasteiger partial charge on any atom is -0.444 e. The van der Waals surface area contributed by atoms with Crippen LogP contribution in [0.2, 0.25) is 0 Å². The van der Waals surface area contributed by atoms with Gasteiger partial charge in [-0.25, -0.2) is 9.78 Å². The van der Waals surface area contributed by atoms with Crippen molar-refractivity contribution < 1.29 is 14.3 Å². The van der Waals surface area contributed by atoms with Crippen LogP contribution in [0.3, 0.4) is 0 Å². The number of anilines is 2. The molecule has 1 saturated heterocycles. The van der Waals surface area contributed by atoms with E-state index in [1.807, 2.05) is 12.1 Å². The Hall–Kier alpha value is -3.12. The second kappa shape index (κ2) is 9.17. The van der Waals surface area contributed by atoms with Crippen LogP contribution >= 0.6 is 0 Å². The number of aromatic nitrogens is 1. The maximum absolute atomic E-state index is 12.3. The molecule has 1 amide bonds. The van der Waals surface area contributed by atoms with Gasteiger partial charge in [-0.2, -0.15) is 5.26 Å². The zero-order valence-corrected chi connectivity index (χ0v) is 19.4. The van der Waals surface area contributed by atoms with Crippen molar-refractivity contribution in [1.82, 2.24) is 10.3 Å². The minimum atomic E-state index is -0.655. The number of carbonyl (C=O) groups excluding carboxylic acids is 1. The number of hydrogen-bond donors (Lipinski definition) is 3. The predicted molar refractivity (Wildman–Crippen MR) is 123 cm³/mol. The normalized spacial score (nSPS) is 20.2. The molecule has 0 spiro atoms. The summed E-state index contributed by atoms with van der Waals surface area (Å²) in [6.07, 6.45) is 2.48. The zero-order chi connectivity index (χ0) is 23.5. The molecule has 2 fully saturated rings. The van der Waals surface area contributed by atoms with E-state index in [1.54, 1.807) is 27.7 Å². The lowest BCUT2D eigenvalue weighted by molar-refractivity contribution is 0.0547. The third-order valence-electron chi connectivity index (χ3n) is 5.25. The second-order valence-electron chi connectivity index (χ2n) is 9.40. The molecule has 3 rings (SSSR count). The molecule has 172 valence electrons. The molecule has 9 heteroatoms. The first kappa shape index (κ1) is 23.5. The van der Waals surface area contributed by atoms with Crippen LogP contribution in [0.15, 0.2) is 24.0 Å². The molecule has 1 aliphatic heterocycles. The number of pyridine rings is 1. The fourth-order valence-electron chi connectivity index (χ4n) is 3.53. The average Bonchev–Trinajstić information content (AvgIpc) is 3.47. The van der Waals surface area contributed by atoms with Gasteiger partial charge in [0.05, 0.1) is 30.7 Å². The topological polar surface area (TPSA) is 123 Å². The molecule has 1 atom stereocenters. The summed E-state index contributed by atoms with van der Waals surface area (Å²) in [5, 5.41) is 23.3. The van der Waals surface area contributed by atoms with Gasteiger partial charge < -0.3 is 25.1 Å². The fraction of sp³-hybridized carbons (Fsp3) is 0.565. The zero-order valence-electron chi connectivity index (χ0n) is 19.4. The van der Waals surface area contributed by atoms with Gasteiger partial charge >= 0.3 is 6.09 Å². The van der Waals surface area contributed by atoms with Gasteiger partial charge in [0, 0.05) is 12.3 Å². The molecule has 1 aliphatic carbocycles. The Morgan fingerprint density at radius 3 is 2.72 bits per heavy atom. The molecule has 3 N–H and O–H groups in total. The molecule has 0 bridgehead atoms. The van der Waals surface area contributed by atoms with Crippen LogP contribution in [0.1, 0.15) is 53.0 Å². The Bertz CT molecular complexity index is 955. The van der Waals surface area contributed by atoms with Gasteiger partial charge in [-0.1, -0.05) is 0 Å². The quantitative estimate of drug-likeness (QED) is 0.577. The van der Waals surface area contributed by atoms with Crippen LogP contribution in [0, 0.1) is 16.7 Å². The number of ether oxygens (including phenoxy) is 2. The van der Waals surface area contributed by atoms with Crippen molar-refractivity contribution >= 4 is 23.4 Å². The molecule has 1 aromatic rings. The van der Waals surface area contributed by atoms with Gasteiger partial charge in [0.1, 0.15) is 23.1 Å². The van der Waals surface area contributed by atoms with Crippen LogP contribution in [-0.4, -0.2) is 48.2 Å². The largest absolute Gasteiger partial charge is 0.444 e. The van der Waals surface area contributed by atoms with Gasteiger partial charge in [0.25, 0.3) is 0 Å². The highest BCUT2D eigenvalue weighted by Crippen LogP contribution is 2.48. The van der Waals surface area contributed by atoms with Crippen molar-refractivity contribution in [3.8, 4) is 6.07 Å². The maximum atomic E-state index is 12.3. The molecule has 2 aliphatic rings. The third-order valence-corrected chi connectivity index (χ3v) is 5.25. The number of nitriles is 1. The number of nitrogens with zero attached hydrogens (tertiary/aromatic N) is 3. The van der Waals surface area contributed by atoms with Crippen molar-refractivity contribution in [3.05, 3.63) is 29.6 Å². The van der Waals surface area contributed by atoms with E-state index in [1.165, 1.54) is 6.08 Å². The monoisotopic (exact) mass is 440 g/mol.